The summed E-state index contributed by atoms with van der Waals surface area (Å²) in [5.41, 5.74) is 0. The van der Waals surface area contributed by atoms with Gasteiger partial charge in [-0.25, -0.2) is 4.39 Å². The zero-order valence-electron chi connectivity index (χ0n) is 7.15. The first kappa shape index (κ1) is 9.98. The molecule has 0 aromatic carbocycles. The molecule has 0 aromatic heterocycles. The first-order valence-corrected chi connectivity index (χ1v) is 4.12. The van der Waals surface area contributed by atoms with Crippen molar-refractivity contribution in [2.75, 3.05) is 19.6 Å². The van der Waals surface area contributed by atoms with E-state index in [0.717, 1.165) is 6.08 Å². The van der Waals surface area contributed by atoms with Crippen molar-refractivity contribution in [2.45, 2.75) is 12.6 Å². The van der Waals surface area contributed by atoms with Crippen LogP contribution in [0, 0.1) is 4.91 Å². The minimum absolute atomic E-state index is 0.410. The SMILES string of the molecule is O=NC(=O)/C=C/CN1CC[C@@H](F)C1. The minimum atomic E-state index is -0.795. The smallest absolute Gasteiger partial charge is 0.297 e. The van der Waals surface area contributed by atoms with E-state index in [2.05, 4.69) is 5.18 Å². The molecule has 0 unspecified atom stereocenters. The van der Waals surface area contributed by atoms with Gasteiger partial charge in [-0.3, -0.25) is 9.69 Å². The number of carbonyl (C=O) groups excluding carboxylic acids is 1. The molecule has 0 bridgehead atoms. The van der Waals surface area contributed by atoms with Gasteiger partial charge in [0.1, 0.15) is 6.17 Å². The lowest BCUT2D eigenvalue weighted by Crippen LogP contribution is -2.20. The summed E-state index contributed by atoms with van der Waals surface area (Å²) in [5, 5.41) is 2.20. The van der Waals surface area contributed by atoms with Crippen molar-refractivity contribution in [2.24, 2.45) is 5.18 Å². The van der Waals surface area contributed by atoms with Crippen molar-refractivity contribution in [1.82, 2.24) is 4.90 Å². The molecule has 1 fully saturated rings. The van der Waals surface area contributed by atoms with Gasteiger partial charge in [-0.05, 0) is 6.42 Å². The van der Waals surface area contributed by atoms with Gasteiger partial charge in [-0.2, -0.15) is 0 Å². The predicted molar refractivity (Wildman–Crippen MR) is 45.9 cm³/mol. The van der Waals surface area contributed by atoms with E-state index in [1.807, 2.05) is 4.90 Å². The van der Waals surface area contributed by atoms with E-state index in [9.17, 15) is 14.1 Å². The van der Waals surface area contributed by atoms with E-state index in [-0.39, 0.29) is 0 Å². The quantitative estimate of drug-likeness (QED) is 0.485. The Balaban J connectivity index is 2.22. The molecule has 0 spiro atoms. The summed E-state index contributed by atoms with van der Waals surface area (Å²) in [7, 11) is 0. The fourth-order valence-corrected chi connectivity index (χ4v) is 1.28. The largest absolute Gasteiger partial charge is 0.309 e. The van der Waals surface area contributed by atoms with Crippen molar-refractivity contribution >= 4 is 5.91 Å². The Bertz CT molecular complexity index is 230. The van der Waals surface area contributed by atoms with E-state index in [4.69, 9.17) is 0 Å². The second kappa shape index (κ2) is 4.81. The number of nitroso groups, excluding NO2 is 1. The number of nitrogens with zero attached hydrogens (tertiary/aromatic N) is 2. The molecule has 72 valence electrons. The third-order valence-corrected chi connectivity index (χ3v) is 1.93. The third kappa shape index (κ3) is 3.42. The van der Waals surface area contributed by atoms with E-state index in [1.165, 1.54) is 6.08 Å². The van der Waals surface area contributed by atoms with Crippen LogP contribution in [0.25, 0.3) is 0 Å². The molecule has 1 rings (SSSR count). The van der Waals surface area contributed by atoms with Crippen LogP contribution in [0.15, 0.2) is 17.3 Å². The summed E-state index contributed by atoms with van der Waals surface area (Å²) >= 11 is 0. The maximum absolute atomic E-state index is 12.6. The maximum atomic E-state index is 12.6. The number of hydrogen-bond acceptors (Lipinski definition) is 3. The highest BCUT2D eigenvalue weighted by atomic mass is 19.1. The Morgan fingerprint density at radius 3 is 3.00 bits per heavy atom. The summed E-state index contributed by atoms with van der Waals surface area (Å²) in [6, 6.07) is 0. The molecule has 1 saturated heterocycles. The average molecular weight is 186 g/mol. The normalized spacial score (nSPS) is 23.9. The summed E-state index contributed by atoms with van der Waals surface area (Å²) in [4.78, 5) is 21.9. The number of halogens is 1. The van der Waals surface area contributed by atoms with Crippen molar-refractivity contribution < 1.29 is 9.18 Å². The van der Waals surface area contributed by atoms with E-state index < -0.39 is 12.1 Å². The lowest BCUT2D eigenvalue weighted by molar-refractivity contribution is -0.113. The van der Waals surface area contributed by atoms with Crippen molar-refractivity contribution in [1.29, 1.82) is 0 Å². The molecule has 1 heterocycles. The highest BCUT2D eigenvalue weighted by Gasteiger charge is 2.20. The molecule has 13 heavy (non-hydrogen) atoms. The first-order chi connectivity index (χ1) is 6.22. The number of rotatable bonds is 3. The number of amides is 1. The van der Waals surface area contributed by atoms with Gasteiger partial charge in [0.15, 0.2) is 0 Å². The molecular formula is C8H11FN2O2. The van der Waals surface area contributed by atoms with Crippen LogP contribution in [-0.2, 0) is 4.79 Å². The highest BCUT2D eigenvalue weighted by Crippen LogP contribution is 2.11. The zero-order chi connectivity index (χ0) is 9.68. The molecule has 1 atom stereocenters. The van der Waals surface area contributed by atoms with E-state index in [1.54, 1.807) is 0 Å². The van der Waals surface area contributed by atoms with Crippen LogP contribution in [0.2, 0.25) is 0 Å². The van der Waals surface area contributed by atoms with Crippen LogP contribution >= 0.6 is 0 Å². The van der Waals surface area contributed by atoms with E-state index in [0.29, 0.717) is 26.1 Å². The summed E-state index contributed by atoms with van der Waals surface area (Å²) < 4.78 is 12.6. The predicted octanol–water partition coefficient (Wildman–Crippen LogP) is 0.879. The molecule has 1 aliphatic heterocycles. The molecule has 0 saturated carbocycles. The van der Waals surface area contributed by atoms with E-state index >= 15 is 0 Å². The van der Waals surface area contributed by atoms with Gasteiger partial charge in [0.05, 0.1) is 0 Å². The van der Waals surface area contributed by atoms with Gasteiger partial charge < -0.3 is 0 Å². The second-order valence-corrected chi connectivity index (χ2v) is 2.98. The first-order valence-electron chi connectivity index (χ1n) is 4.12. The molecule has 1 amide bonds. The molecular weight excluding hydrogens is 175 g/mol. The van der Waals surface area contributed by atoms with Gasteiger partial charge in [-0.15, -0.1) is 4.91 Å². The molecule has 0 aliphatic carbocycles. The Morgan fingerprint density at radius 2 is 2.46 bits per heavy atom. The second-order valence-electron chi connectivity index (χ2n) is 2.98. The summed E-state index contributed by atoms with van der Waals surface area (Å²) in [6.45, 7) is 1.61. The lowest BCUT2D eigenvalue weighted by Gasteiger charge is -2.09. The molecule has 5 heteroatoms. The fraction of sp³-hybridized carbons (Fsp3) is 0.625. The van der Waals surface area contributed by atoms with Crippen LogP contribution < -0.4 is 0 Å². The molecule has 0 aromatic rings. The Hall–Kier alpha value is -1.10. The van der Waals surface area contributed by atoms with Gasteiger partial charge in [0.25, 0.3) is 0 Å². The monoisotopic (exact) mass is 186 g/mol. The average Bonchev–Trinajstić information content (AvgIpc) is 2.51. The molecule has 0 N–H and O–H groups in total. The third-order valence-electron chi connectivity index (χ3n) is 1.93. The van der Waals surface area contributed by atoms with Crippen molar-refractivity contribution in [3.63, 3.8) is 0 Å². The van der Waals surface area contributed by atoms with Gasteiger partial charge in [0.2, 0.25) is 0 Å². The number of likely N-dealkylation sites (tertiary alicyclic amines) is 1. The Kier molecular flexibility index (Phi) is 3.70. The standard InChI is InChI=1S/C8H11FN2O2/c9-7-3-5-11(6-7)4-1-2-8(12)10-13/h1-2,7H,3-6H2/b2-1+/t7-/m1/s1. The summed E-state index contributed by atoms with van der Waals surface area (Å²) in [5.74, 6) is -0.795. The minimum Gasteiger partial charge on any atom is -0.297 e. The highest BCUT2D eigenvalue weighted by molar-refractivity contribution is 5.88. The molecule has 0 radical (unpaired) electrons. The summed E-state index contributed by atoms with van der Waals surface area (Å²) in [6.07, 6.45) is 2.43. The lowest BCUT2D eigenvalue weighted by atomic mass is 10.3. The van der Waals surface area contributed by atoms with Crippen LogP contribution in [-0.4, -0.2) is 36.6 Å². The van der Waals surface area contributed by atoms with Crippen LogP contribution in [0.3, 0.4) is 0 Å². The number of alkyl halides is 1. The van der Waals surface area contributed by atoms with Gasteiger partial charge in [0, 0.05) is 30.9 Å². The maximum Gasteiger partial charge on any atom is 0.309 e. The Labute approximate surface area is 75.4 Å². The molecule has 1 aliphatic rings. The molecule has 4 nitrogen and oxygen atoms in total. The number of carbonyl (C=O) groups is 1. The van der Waals surface area contributed by atoms with Crippen molar-refractivity contribution in [3.05, 3.63) is 17.1 Å². The zero-order valence-corrected chi connectivity index (χ0v) is 7.15. The van der Waals surface area contributed by atoms with Gasteiger partial charge in [-0.1, -0.05) is 6.08 Å². The van der Waals surface area contributed by atoms with Crippen LogP contribution in [0.1, 0.15) is 6.42 Å². The van der Waals surface area contributed by atoms with Crippen LogP contribution in [0.5, 0.6) is 0 Å². The van der Waals surface area contributed by atoms with Crippen molar-refractivity contribution in [3.8, 4) is 0 Å². The number of hydrogen-bond donors (Lipinski definition) is 0. The topological polar surface area (TPSA) is 49.7 Å². The van der Waals surface area contributed by atoms with Crippen LogP contribution in [0.4, 0.5) is 4.39 Å². The fourth-order valence-electron chi connectivity index (χ4n) is 1.28. The Morgan fingerprint density at radius 1 is 1.69 bits per heavy atom. The van der Waals surface area contributed by atoms with Gasteiger partial charge >= 0.3 is 5.91 Å².